The Morgan fingerprint density at radius 1 is 0.946 bits per heavy atom. The number of hydrogen-bond acceptors (Lipinski definition) is 3. The minimum atomic E-state index is 0.154. The second-order valence-corrected chi connectivity index (χ2v) is 11.5. The van der Waals surface area contributed by atoms with Crippen LogP contribution in [0.15, 0.2) is 54.6 Å². The Kier molecular flexibility index (Phi) is 6.81. The molecule has 0 aliphatic carbocycles. The van der Waals surface area contributed by atoms with Crippen molar-refractivity contribution < 1.29 is 9.53 Å². The lowest BCUT2D eigenvalue weighted by molar-refractivity contribution is -0.112. The molecule has 3 heterocycles. The van der Waals surface area contributed by atoms with E-state index in [9.17, 15) is 4.79 Å². The van der Waals surface area contributed by atoms with E-state index >= 15 is 0 Å². The average Bonchev–Trinajstić information content (AvgIpc) is 3.21. The Morgan fingerprint density at radius 2 is 1.73 bits per heavy atom. The van der Waals surface area contributed by atoms with Crippen LogP contribution in [0.4, 0.5) is 5.69 Å². The molecule has 1 atom stereocenters. The topological polar surface area (TPSA) is 32.8 Å². The average molecular weight is 497 g/mol. The first-order valence-electron chi connectivity index (χ1n) is 14.4. The van der Waals surface area contributed by atoms with E-state index in [2.05, 4.69) is 61.2 Å². The molecule has 3 aromatic rings. The molecule has 2 fully saturated rings. The normalized spacial score (nSPS) is 20.2. The van der Waals surface area contributed by atoms with Gasteiger partial charge in [0.2, 0.25) is 0 Å². The van der Waals surface area contributed by atoms with Gasteiger partial charge in [-0.05, 0) is 86.1 Å². The van der Waals surface area contributed by atoms with Crippen LogP contribution in [0.3, 0.4) is 0 Å². The molecule has 4 heteroatoms. The summed E-state index contributed by atoms with van der Waals surface area (Å²) in [5, 5.41) is 2.35. The largest absolute Gasteiger partial charge is 0.375 e. The van der Waals surface area contributed by atoms with Crippen molar-refractivity contribution in [2.24, 2.45) is 0 Å². The van der Waals surface area contributed by atoms with Crippen LogP contribution < -0.4 is 4.90 Å². The highest BCUT2D eigenvalue weighted by Gasteiger charge is 2.37. The standard InChI is InChI=1S/C33H40N2O2/c1-3-7-24(2)35-30-15-14-27(28-8-6-9-29(31(28)30)32(35)36)22-25-10-12-26(13-11-25)23-34-19-17-33(18-20-34)16-4-5-21-37-33/h6,8-15,24H,3-5,7,16-23H2,1-2H3. The van der Waals surface area contributed by atoms with E-state index in [4.69, 9.17) is 4.74 Å². The van der Waals surface area contributed by atoms with Crippen molar-refractivity contribution in [3.05, 3.63) is 76.9 Å². The molecular weight excluding hydrogens is 456 g/mol. The maximum atomic E-state index is 13.3. The first kappa shape index (κ1) is 24.6. The van der Waals surface area contributed by atoms with E-state index in [-0.39, 0.29) is 17.6 Å². The number of likely N-dealkylation sites (tertiary alicyclic amines) is 1. The highest BCUT2D eigenvalue weighted by Crippen LogP contribution is 2.41. The Morgan fingerprint density at radius 3 is 2.46 bits per heavy atom. The highest BCUT2D eigenvalue weighted by molar-refractivity contribution is 6.25. The molecule has 6 rings (SSSR count). The number of anilines is 1. The fraction of sp³-hybridized carbons (Fsp3) is 0.485. The molecular formula is C33H40N2O2. The van der Waals surface area contributed by atoms with E-state index in [1.165, 1.54) is 54.2 Å². The van der Waals surface area contributed by atoms with Gasteiger partial charge in [-0.3, -0.25) is 9.69 Å². The Balaban J connectivity index is 1.15. The van der Waals surface area contributed by atoms with Gasteiger partial charge in [0.05, 0.1) is 11.3 Å². The molecule has 0 N–H and O–H groups in total. The van der Waals surface area contributed by atoms with Crippen molar-refractivity contribution in [2.75, 3.05) is 24.6 Å². The minimum Gasteiger partial charge on any atom is -0.375 e. The maximum absolute atomic E-state index is 13.3. The van der Waals surface area contributed by atoms with Gasteiger partial charge in [0, 0.05) is 43.2 Å². The summed E-state index contributed by atoms with van der Waals surface area (Å²) in [5.41, 5.74) is 6.11. The highest BCUT2D eigenvalue weighted by atomic mass is 16.5. The number of hydrogen-bond donors (Lipinski definition) is 0. The van der Waals surface area contributed by atoms with E-state index in [0.29, 0.717) is 0 Å². The van der Waals surface area contributed by atoms with E-state index in [1.54, 1.807) is 0 Å². The lowest BCUT2D eigenvalue weighted by Crippen LogP contribution is -2.47. The third-order valence-corrected chi connectivity index (χ3v) is 8.99. The first-order chi connectivity index (χ1) is 18.1. The lowest BCUT2D eigenvalue weighted by Gasteiger charge is -2.44. The third-order valence-electron chi connectivity index (χ3n) is 8.99. The van der Waals surface area contributed by atoms with Crippen molar-refractivity contribution in [1.82, 2.24) is 4.90 Å². The van der Waals surface area contributed by atoms with Gasteiger partial charge >= 0.3 is 0 Å². The van der Waals surface area contributed by atoms with Crippen LogP contribution in [0.1, 0.15) is 85.8 Å². The molecule has 3 aliphatic rings. The number of piperidine rings is 1. The number of carbonyl (C=O) groups is 1. The summed E-state index contributed by atoms with van der Waals surface area (Å²) in [6, 6.07) is 20.0. The molecule has 3 aromatic carbocycles. The van der Waals surface area contributed by atoms with Crippen LogP contribution in [0.5, 0.6) is 0 Å². The van der Waals surface area contributed by atoms with Gasteiger partial charge in [-0.2, -0.15) is 0 Å². The molecule has 0 aromatic heterocycles. The van der Waals surface area contributed by atoms with Crippen LogP contribution in [-0.4, -0.2) is 42.1 Å². The second-order valence-electron chi connectivity index (χ2n) is 11.5. The molecule has 1 unspecified atom stereocenters. The Labute approximate surface area is 221 Å². The van der Waals surface area contributed by atoms with Gasteiger partial charge < -0.3 is 9.64 Å². The lowest BCUT2D eigenvalue weighted by atomic mass is 9.84. The second kappa shape index (κ2) is 10.2. The fourth-order valence-corrected chi connectivity index (χ4v) is 6.87. The predicted octanol–water partition coefficient (Wildman–Crippen LogP) is 7.11. The van der Waals surface area contributed by atoms with Gasteiger partial charge in [-0.1, -0.05) is 55.8 Å². The van der Waals surface area contributed by atoms with Crippen molar-refractivity contribution >= 4 is 22.4 Å². The summed E-state index contributed by atoms with van der Waals surface area (Å²) in [6.07, 6.45) is 9.12. The Hall–Kier alpha value is -2.69. The van der Waals surface area contributed by atoms with E-state index < -0.39 is 0 Å². The van der Waals surface area contributed by atoms with Gasteiger partial charge in [0.25, 0.3) is 5.91 Å². The van der Waals surface area contributed by atoms with Gasteiger partial charge in [0.15, 0.2) is 0 Å². The van der Waals surface area contributed by atoms with Crippen molar-refractivity contribution in [3.8, 4) is 0 Å². The number of carbonyl (C=O) groups excluding carboxylic acids is 1. The minimum absolute atomic E-state index is 0.154. The smallest absolute Gasteiger partial charge is 0.259 e. The fourth-order valence-electron chi connectivity index (χ4n) is 6.87. The monoisotopic (exact) mass is 496 g/mol. The number of amides is 1. The van der Waals surface area contributed by atoms with Crippen molar-refractivity contribution in [3.63, 3.8) is 0 Å². The molecule has 3 aliphatic heterocycles. The summed E-state index contributed by atoms with van der Waals surface area (Å²) in [7, 11) is 0. The molecule has 0 radical (unpaired) electrons. The van der Waals surface area contributed by atoms with Crippen molar-refractivity contribution in [1.29, 1.82) is 0 Å². The van der Waals surface area contributed by atoms with Gasteiger partial charge in [-0.25, -0.2) is 0 Å². The van der Waals surface area contributed by atoms with Crippen molar-refractivity contribution in [2.45, 2.75) is 83.4 Å². The molecule has 194 valence electrons. The summed E-state index contributed by atoms with van der Waals surface area (Å²) in [5.74, 6) is 0.154. The number of ether oxygens (including phenoxy) is 1. The zero-order valence-corrected chi connectivity index (χ0v) is 22.5. The SMILES string of the molecule is CCCC(C)N1C(=O)c2cccc3c(Cc4ccc(CN5CCC6(CCCCO6)CC5)cc4)ccc1c23. The maximum Gasteiger partial charge on any atom is 0.259 e. The molecule has 0 bridgehead atoms. The van der Waals surface area contributed by atoms with Crippen LogP contribution in [0.2, 0.25) is 0 Å². The number of benzene rings is 3. The summed E-state index contributed by atoms with van der Waals surface area (Å²) < 4.78 is 6.21. The molecule has 2 saturated heterocycles. The third kappa shape index (κ3) is 4.70. The van der Waals surface area contributed by atoms with Crippen LogP contribution >= 0.6 is 0 Å². The van der Waals surface area contributed by atoms with E-state index in [1.807, 2.05) is 17.0 Å². The first-order valence-corrected chi connectivity index (χ1v) is 14.4. The van der Waals surface area contributed by atoms with Crippen LogP contribution in [0, 0.1) is 0 Å². The summed E-state index contributed by atoms with van der Waals surface area (Å²) >= 11 is 0. The van der Waals surface area contributed by atoms with Crippen LogP contribution in [-0.2, 0) is 17.7 Å². The Bertz CT molecular complexity index is 1270. The summed E-state index contributed by atoms with van der Waals surface area (Å²) in [6.45, 7) is 8.59. The summed E-state index contributed by atoms with van der Waals surface area (Å²) in [4.78, 5) is 17.9. The van der Waals surface area contributed by atoms with Crippen LogP contribution in [0.25, 0.3) is 10.8 Å². The number of rotatable bonds is 7. The zero-order chi connectivity index (χ0) is 25.4. The zero-order valence-electron chi connectivity index (χ0n) is 22.5. The molecule has 4 nitrogen and oxygen atoms in total. The molecule has 37 heavy (non-hydrogen) atoms. The molecule has 0 saturated carbocycles. The van der Waals surface area contributed by atoms with E-state index in [0.717, 1.165) is 62.1 Å². The van der Waals surface area contributed by atoms with Gasteiger partial charge in [0.1, 0.15) is 0 Å². The predicted molar refractivity (Wildman–Crippen MR) is 151 cm³/mol. The van der Waals surface area contributed by atoms with Gasteiger partial charge in [-0.15, -0.1) is 0 Å². The molecule has 1 spiro atoms. The molecule has 1 amide bonds. The quantitative estimate of drug-likeness (QED) is 0.349. The number of nitrogens with zero attached hydrogens (tertiary/aromatic N) is 2.